The Kier molecular flexibility index (Phi) is 41.1. The summed E-state index contributed by atoms with van der Waals surface area (Å²) in [6, 6.07) is -0.807. The molecule has 0 aliphatic carbocycles. The molecular weight excluding hydrogens is 631 g/mol. The van der Waals surface area contributed by atoms with Crippen molar-refractivity contribution in [1.29, 1.82) is 0 Å². The van der Waals surface area contributed by atoms with Gasteiger partial charge in [0.1, 0.15) is 6.10 Å². The van der Waals surface area contributed by atoms with E-state index in [0.717, 1.165) is 38.5 Å². The minimum Gasteiger partial charge on any atom is -0.394 e. The van der Waals surface area contributed by atoms with Crippen molar-refractivity contribution in [2.45, 2.75) is 270 Å². The zero-order chi connectivity index (χ0) is 37.3. The molecule has 0 fully saturated rings. The summed E-state index contributed by atoms with van der Waals surface area (Å²) in [5.41, 5.74) is 0. The lowest BCUT2D eigenvalue weighted by Crippen LogP contribution is -2.50. The molecule has 0 rings (SSSR count). The molecule has 0 heterocycles. The summed E-state index contributed by atoms with van der Waals surface area (Å²) in [5, 5.41) is 33.5. The van der Waals surface area contributed by atoms with Crippen molar-refractivity contribution in [3.05, 3.63) is 12.2 Å². The van der Waals surface area contributed by atoms with Gasteiger partial charge in [0.15, 0.2) is 0 Å². The van der Waals surface area contributed by atoms with E-state index in [0.29, 0.717) is 12.8 Å². The number of carbonyl (C=O) groups excluding carboxylic acids is 1. The topological polar surface area (TPSA) is 89.8 Å². The van der Waals surface area contributed by atoms with Gasteiger partial charge >= 0.3 is 0 Å². The second-order valence-electron chi connectivity index (χ2n) is 16.0. The van der Waals surface area contributed by atoms with Crippen LogP contribution in [0.5, 0.6) is 0 Å². The number of aliphatic hydroxyl groups is 3. The van der Waals surface area contributed by atoms with Gasteiger partial charge < -0.3 is 20.6 Å². The molecule has 51 heavy (non-hydrogen) atoms. The predicted molar refractivity (Wildman–Crippen MR) is 222 cm³/mol. The average Bonchev–Trinajstić information content (AvgIpc) is 3.13. The highest BCUT2D eigenvalue weighted by molar-refractivity contribution is 5.76. The minimum absolute atomic E-state index is 0.145. The highest BCUT2D eigenvalue weighted by Gasteiger charge is 2.26. The molecule has 0 spiro atoms. The molecule has 0 bridgehead atoms. The zero-order valence-electron chi connectivity index (χ0n) is 34.5. The van der Waals surface area contributed by atoms with E-state index in [9.17, 15) is 20.1 Å². The van der Waals surface area contributed by atoms with Gasteiger partial charge in [0, 0.05) is 6.42 Å². The number of rotatable bonds is 42. The summed E-state index contributed by atoms with van der Waals surface area (Å²) < 4.78 is 0. The van der Waals surface area contributed by atoms with Gasteiger partial charge in [0.2, 0.25) is 5.91 Å². The van der Waals surface area contributed by atoms with Crippen LogP contribution in [0.25, 0.3) is 0 Å². The van der Waals surface area contributed by atoms with E-state index in [2.05, 4.69) is 31.3 Å². The Morgan fingerprint density at radius 1 is 0.471 bits per heavy atom. The quantitative estimate of drug-likeness (QED) is 0.0373. The Morgan fingerprint density at radius 2 is 0.784 bits per heavy atom. The van der Waals surface area contributed by atoms with E-state index in [-0.39, 0.29) is 12.5 Å². The maximum Gasteiger partial charge on any atom is 0.220 e. The SMILES string of the molecule is CCCCCCCCCCCCCC/C=C\CCCCCCCCCCC(=O)NC(CO)C(O)C(O)CCCCCCCCCCCCCCC. The smallest absolute Gasteiger partial charge is 0.220 e. The molecular formula is C46H91NO4. The molecule has 0 radical (unpaired) electrons. The highest BCUT2D eigenvalue weighted by atomic mass is 16.3. The molecule has 0 saturated carbocycles. The van der Waals surface area contributed by atoms with Crippen LogP contribution in [-0.4, -0.2) is 46.1 Å². The molecule has 4 N–H and O–H groups in total. The molecule has 0 aromatic rings. The second kappa shape index (κ2) is 41.8. The predicted octanol–water partition coefficient (Wildman–Crippen LogP) is 13.2. The van der Waals surface area contributed by atoms with Crippen LogP contribution in [0.1, 0.15) is 251 Å². The fourth-order valence-corrected chi connectivity index (χ4v) is 7.28. The fraction of sp³-hybridized carbons (Fsp3) is 0.935. The largest absolute Gasteiger partial charge is 0.394 e. The summed E-state index contributed by atoms with van der Waals surface area (Å²) in [7, 11) is 0. The molecule has 3 atom stereocenters. The number of allylic oxidation sites excluding steroid dienone is 2. The molecule has 5 nitrogen and oxygen atoms in total. The van der Waals surface area contributed by atoms with E-state index in [4.69, 9.17) is 0 Å². The molecule has 0 aromatic carbocycles. The Balaban J connectivity index is 3.57. The molecule has 0 aliphatic heterocycles. The monoisotopic (exact) mass is 722 g/mol. The van der Waals surface area contributed by atoms with Crippen molar-refractivity contribution in [1.82, 2.24) is 5.32 Å². The van der Waals surface area contributed by atoms with Crippen LogP contribution in [0.15, 0.2) is 12.2 Å². The summed E-state index contributed by atoms with van der Waals surface area (Å²) in [6.07, 6.45) is 49.0. The Bertz CT molecular complexity index is 713. The Hall–Kier alpha value is -0.910. The zero-order valence-corrected chi connectivity index (χ0v) is 34.5. The maximum absolute atomic E-state index is 12.4. The number of carbonyl (C=O) groups is 1. The van der Waals surface area contributed by atoms with Gasteiger partial charge in [-0.3, -0.25) is 4.79 Å². The molecule has 0 aromatic heterocycles. The van der Waals surface area contributed by atoms with Crippen molar-refractivity contribution in [3.8, 4) is 0 Å². The van der Waals surface area contributed by atoms with Crippen molar-refractivity contribution < 1.29 is 20.1 Å². The molecule has 304 valence electrons. The number of hydrogen-bond donors (Lipinski definition) is 4. The standard InChI is InChI=1S/C46H91NO4/c1-3-5-7-9-11-13-15-17-18-19-20-21-22-23-24-25-26-27-29-31-33-35-37-39-41-45(50)47-43(42-48)46(51)44(49)40-38-36-34-32-30-28-16-14-12-10-8-6-4-2/h23-24,43-44,46,48-49,51H,3-22,25-42H2,1-2H3,(H,47,50)/b24-23-. The van der Waals surface area contributed by atoms with Crippen LogP contribution >= 0.6 is 0 Å². The third-order valence-corrected chi connectivity index (χ3v) is 10.9. The Morgan fingerprint density at radius 3 is 1.14 bits per heavy atom. The van der Waals surface area contributed by atoms with Gasteiger partial charge in [-0.15, -0.1) is 0 Å². The summed E-state index contributed by atoms with van der Waals surface area (Å²) in [6.45, 7) is 4.19. The first-order valence-corrected chi connectivity index (χ1v) is 23.0. The number of hydrogen-bond acceptors (Lipinski definition) is 4. The van der Waals surface area contributed by atoms with Crippen molar-refractivity contribution in [2.24, 2.45) is 0 Å². The molecule has 5 heteroatoms. The number of nitrogens with one attached hydrogen (secondary N) is 1. The fourth-order valence-electron chi connectivity index (χ4n) is 7.28. The average molecular weight is 722 g/mol. The molecule has 0 aliphatic rings. The molecule has 3 unspecified atom stereocenters. The van der Waals surface area contributed by atoms with Crippen molar-refractivity contribution in [2.75, 3.05) is 6.61 Å². The lowest BCUT2D eigenvalue weighted by atomic mass is 9.99. The van der Waals surface area contributed by atoms with Crippen molar-refractivity contribution >= 4 is 5.91 Å². The first kappa shape index (κ1) is 50.1. The number of amides is 1. The second-order valence-corrected chi connectivity index (χ2v) is 16.0. The van der Waals surface area contributed by atoms with Gasteiger partial charge in [-0.1, -0.05) is 219 Å². The van der Waals surface area contributed by atoms with Crippen molar-refractivity contribution in [3.63, 3.8) is 0 Å². The van der Waals surface area contributed by atoms with E-state index in [1.165, 1.54) is 186 Å². The van der Waals surface area contributed by atoms with Crippen LogP contribution in [0, 0.1) is 0 Å². The van der Waals surface area contributed by atoms with Gasteiger partial charge in [-0.2, -0.15) is 0 Å². The summed E-state index contributed by atoms with van der Waals surface area (Å²) >= 11 is 0. The normalized spacial score (nSPS) is 13.6. The molecule has 0 saturated heterocycles. The van der Waals surface area contributed by atoms with E-state index in [1.54, 1.807) is 0 Å². The third-order valence-electron chi connectivity index (χ3n) is 10.9. The van der Waals surface area contributed by atoms with Crippen LogP contribution in [0.2, 0.25) is 0 Å². The van der Waals surface area contributed by atoms with Gasteiger partial charge in [-0.25, -0.2) is 0 Å². The van der Waals surface area contributed by atoms with Gasteiger partial charge in [0.25, 0.3) is 0 Å². The van der Waals surface area contributed by atoms with Gasteiger partial charge in [0.05, 0.1) is 18.8 Å². The number of unbranched alkanes of at least 4 members (excludes halogenated alkanes) is 32. The lowest BCUT2D eigenvalue weighted by molar-refractivity contribution is -0.124. The Labute approximate surface area is 319 Å². The van der Waals surface area contributed by atoms with Crippen LogP contribution < -0.4 is 5.32 Å². The van der Waals surface area contributed by atoms with Crippen LogP contribution in [-0.2, 0) is 4.79 Å². The number of aliphatic hydroxyl groups excluding tert-OH is 3. The van der Waals surface area contributed by atoms with E-state index < -0.39 is 18.2 Å². The summed E-state index contributed by atoms with van der Waals surface area (Å²) in [5.74, 6) is -0.145. The highest BCUT2D eigenvalue weighted by Crippen LogP contribution is 2.16. The van der Waals surface area contributed by atoms with E-state index in [1.807, 2.05) is 0 Å². The van der Waals surface area contributed by atoms with Crippen LogP contribution in [0.3, 0.4) is 0 Å². The maximum atomic E-state index is 12.4. The van der Waals surface area contributed by atoms with E-state index >= 15 is 0 Å². The molecule has 1 amide bonds. The third kappa shape index (κ3) is 37.2. The lowest BCUT2D eigenvalue weighted by Gasteiger charge is -2.26. The minimum atomic E-state index is -1.13. The summed E-state index contributed by atoms with van der Waals surface area (Å²) in [4.78, 5) is 12.4. The first-order chi connectivity index (χ1) is 25.1. The van der Waals surface area contributed by atoms with Crippen LogP contribution in [0.4, 0.5) is 0 Å². The van der Waals surface area contributed by atoms with Gasteiger partial charge in [-0.05, 0) is 38.5 Å². The first-order valence-electron chi connectivity index (χ1n) is 23.0.